The highest BCUT2D eigenvalue weighted by atomic mass is 16.5. The van der Waals surface area contributed by atoms with Gasteiger partial charge in [0.2, 0.25) is 0 Å². The molecule has 0 radical (unpaired) electrons. The van der Waals surface area contributed by atoms with Gasteiger partial charge in [-0.1, -0.05) is 43.3 Å². The standard InChI is InChI=1S/C28H41N5O3/c1-5-36-25(34)19-30-23-13-12-22(31-24-18-27(23,24)2)20-33-17-9-14-28(32(3)4,15-16-29-26(33)35)21-10-7-6-8-11-21/h6-8,10-12,23,30H,5,9,13-20H2,1-4H3,(H,29,35)/t23-,27?,28?/m0/s1. The molecule has 2 amide bonds. The number of amides is 2. The molecule has 1 saturated carbocycles. The monoisotopic (exact) mass is 495 g/mol. The van der Waals surface area contributed by atoms with Crippen LogP contribution in [-0.2, 0) is 15.1 Å². The normalized spacial score (nSPS) is 28.5. The third kappa shape index (κ3) is 5.65. The number of hydrogen-bond acceptors (Lipinski definition) is 6. The third-order valence-electron chi connectivity index (χ3n) is 8.14. The highest BCUT2D eigenvalue weighted by Crippen LogP contribution is 2.48. The fraction of sp³-hybridized carbons (Fsp3) is 0.607. The molecular formula is C28H41N5O3. The van der Waals surface area contributed by atoms with E-state index in [9.17, 15) is 9.59 Å². The first-order valence-corrected chi connectivity index (χ1v) is 13.2. The summed E-state index contributed by atoms with van der Waals surface area (Å²) in [6.07, 6.45) is 6.56. The Kier molecular flexibility index (Phi) is 8.15. The zero-order valence-corrected chi connectivity index (χ0v) is 22.2. The largest absolute Gasteiger partial charge is 0.465 e. The predicted molar refractivity (Wildman–Crippen MR) is 142 cm³/mol. The van der Waals surface area contributed by atoms with Gasteiger partial charge in [-0.15, -0.1) is 0 Å². The van der Waals surface area contributed by atoms with Crippen LogP contribution in [-0.4, -0.2) is 80.4 Å². The number of nitrogens with zero attached hydrogens (tertiary/aromatic N) is 3. The summed E-state index contributed by atoms with van der Waals surface area (Å²) in [6, 6.07) is 10.7. The maximum Gasteiger partial charge on any atom is 0.319 e. The second kappa shape index (κ2) is 11.1. The molecule has 2 fully saturated rings. The lowest BCUT2D eigenvalue weighted by Crippen LogP contribution is -2.44. The number of hydrogen-bond donors (Lipinski definition) is 2. The third-order valence-corrected chi connectivity index (χ3v) is 8.14. The fourth-order valence-corrected chi connectivity index (χ4v) is 5.72. The zero-order valence-electron chi connectivity index (χ0n) is 22.2. The van der Waals surface area contributed by atoms with Crippen molar-refractivity contribution in [1.29, 1.82) is 0 Å². The van der Waals surface area contributed by atoms with Gasteiger partial charge in [0, 0.05) is 35.8 Å². The smallest absolute Gasteiger partial charge is 0.319 e. The van der Waals surface area contributed by atoms with Crippen molar-refractivity contribution in [3.63, 3.8) is 0 Å². The van der Waals surface area contributed by atoms with E-state index in [-0.39, 0.29) is 35.5 Å². The van der Waals surface area contributed by atoms with Crippen LogP contribution in [0.4, 0.5) is 4.79 Å². The van der Waals surface area contributed by atoms with Crippen LogP contribution in [0, 0.1) is 5.41 Å². The molecule has 2 heterocycles. The van der Waals surface area contributed by atoms with Crippen LogP contribution in [0.25, 0.3) is 0 Å². The number of fused-ring (bicyclic) bond motifs is 1. The molecule has 1 saturated heterocycles. The van der Waals surface area contributed by atoms with Crippen LogP contribution >= 0.6 is 0 Å². The SMILES string of the molecule is CCOC(=O)CN[C@H]1CC=C(CN2CCCC(c3ccccc3)(N(C)C)CCNC2=O)N=C2CC21C. The summed E-state index contributed by atoms with van der Waals surface area (Å²) in [6.45, 7) is 6.40. The van der Waals surface area contributed by atoms with Gasteiger partial charge in [0.15, 0.2) is 0 Å². The van der Waals surface area contributed by atoms with Gasteiger partial charge in [0.25, 0.3) is 0 Å². The quantitative estimate of drug-likeness (QED) is 0.541. The molecule has 2 unspecified atom stereocenters. The maximum absolute atomic E-state index is 13.1. The maximum atomic E-state index is 13.1. The molecular weight excluding hydrogens is 454 g/mol. The van der Waals surface area contributed by atoms with Gasteiger partial charge >= 0.3 is 12.0 Å². The molecule has 4 rings (SSSR count). The van der Waals surface area contributed by atoms with E-state index in [1.165, 1.54) is 5.56 Å². The number of nitrogens with one attached hydrogen (secondary N) is 2. The minimum Gasteiger partial charge on any atom is -0.465 e. The highest BCUT2D eigenvalue weighted by Gasteiger charge is 2.52. The van der Waals surface area contributed by atoms with E-state index in [1.54, 1.807) is 0 Å². The number of aliphatic imine (C=N–C) groups is 1. The average Bonchev–Trinajstić information content (AvgIpc) is 3.51. The number of ether oxygens (including phenoxy) is 1. The molecule has 0 spiro atoms. The van der Waals surface area contributed by atoms with E-state index < -0.39 is 0 Å². The Morgan fingerprint density at radius 2 is 2.06 bits per heavy atom. The molecule has 1 aliphatic carbocycles. The van der Waals surface area contributed by atoms with Gasteiger partial charge in [-0.25, -0.2) is 4.79 Å². The Bertz CT molecular complexity index is 1010. The van der Waals surface area contributed by atoms with Crippen LogP contribution < -0.4 is 10.6 Å². The van der Waals surface area contributed by atoms with Crippen molar-refractivity contribution in [2.75, 3.05) is 46.9 Å². The second-order valence-electron chi connectivity index (χ2n) is 10.6. The lowest BCUT2D eigenvalue weighted by Gasteiger charge is -2.41. The molecule has 1 aromatic rings. The average molecular weight is 496 g/mol. The van der Waals surface area contributed by atoms with Crippen LogP contribution in [0.5, 0.6) is 0 Å². The minimum atomic E-state index is -0.230. The molecule has 2 aliphatic heterocycles. The number of urea groups is 1. The van der Waals surface area contributed by atoms with Crippen LogP contribution in [0.3, 0.4) is 0 Å². The lowest BCUT2D eigenvalue weighted by atomic mass is 9.81. The minimum absolute atomic E-state index is 0.0292. The number of benzene rings is 1. The summed E-state index contributed by atoms with van der Waals surface area (Å²) in [7, 11) is 4.27. The Morgan fingerprint density at radius 3 is 2.78 bits per heavy atom. The first-order chi connectivity index (χ1) is 17.3. The van der Waals surface area contributed by atoms with Crippen molar-refractivity contribution in [1.82, 2.24) is 20.4 Å². The molecule has 0 bridgehead atoms. The van der Waals surface area contributed by atoms with Gasteiger partial charge < -0.3 is 20.3 Å². The van der Waals surface area contributed by atoms with E-state index in [0.717, 1.165) is 43.5 Å². The van der Waals surface area contributed by atoms with Crippen LogP contribution in [0.1, 0.15) is 51.5 Å². The van der Waals surface area contributed by atoms with E-state index in [2.05, 4.69) is 73.0 Å². The molecule has 2 N–H and O–H groups in total. The number of carbonyl (C=O) groups is 2. The summed E-state index contributed by atoms with van der Waals surface area (Å²) in [5.74, 6) is -0.230. The first-order valence-electron chi connectivity index (χ1n) is 13.2. The molecule has 196 valence electrons. The fourth-order valence-electron chi connectivity index (χ4n) is 5.72. The highest BCUT2D eigenvalue weighted by molar-refractivity contribution is 6.06. The topological polar surface area (TPSA) is 86.3 Å². The van der Waals surface area contributed by atoms with E-state index in [0.29, 0.717) is 26.2 Å². The summed E-state index contributed by atoms with van der Waals surface area (Å²) in [5.41, 5.74) is 3.23. The Labute approximate surface area is 215 Å². The van der Waals surface area contributed by atoms with E-state index in [1.807, 2.05) is 11.8 Å². The molecule has 3 aliphatic rings. The van der Waals surface area contributed by atoms with Crippen LogP contribution in [0.15, 0.2) is 47.1 Å². The summed E-state index contributed by atoms with van der Waals surface area (Å²) < 4.78 is 5.07. The zero-order chi connectivity index (χ0) is 25.8. The summed E-state index contributed by atoms with van der Waals surface area (Å²) in [5, 5.41) is 6.54. The van der Waals surface area contributed by atoms with Gasteiger partial charge in [-0.05, 0) is 58.7 Å². The Balaban J connectivity index is 1.43. The van der Waals surface area contributed by atoms with Crippen LogP contribution in [0.2, 0.25) is 0 Å². The molecule has 8 nitrogen and oxygen atoms in total. The Hall–Kier alpha value is -2.71. The van der Waals surface area contributed by atoms with Crippen molar-refractivity contribution in [3.8, 4) is 0 Å². The molecule has 1 aromatic carbocycles. The molecule has 8 heteroatoms. The number of esters is 1. The van der Waals surface area contributed by atoms with Gasteiger partial charge in [0.1, 0.15) is 0 Å². The Morgan fingerprint density at radius 1 is 1.28 bits per heavy atom. The number of carbonyl (C=O) groups excluding carboxylic acids is 2. The molecule has 0 aromatic heterocycles. The van der Waals surface area contributed by atoms with E-state index in [4.69, 9.17) is 9.73 Å². The van der Waals surface area contributed by atoms with Crippen molar-refractivity contribution in [2.45, 2.75) is 57.5 Å². The van der Waals surface area contributed by atoms with Gasteiger partial charge in [0.05, 0.1) is 25.4 Å². The predicted octanol–water partition coefficient (Wildman–Crippen LogP) is 3.30. The molecule has 3 atom stereocenters. The van der Waals surface area contributed by atoms with Crippen molar-refractivity contribution < 1.29 is 14.3 Å². The summed E-state index contributed by atoms with van der Waals surface area (Å²) >= 11 is 0. The lowest BCUT2D eigenvalue weighted by molar-refractivity contribution is -0.142. The van der Waals surface area contributed by atoms with Crippen molar-refractivity contribution >= 4 is 17.7 Å². The van der Waals surface area contributed by atoms with E-state index >= 15 is 0 Å². The van der Waals surface area contributed by atoms with Crippen molar-refractivity contribution in [2.24, 2.45) is 10.4 Å². The molecule has 36 heavy (non-hydrogen) atoms. The number of rotatable bonds is 8. The second-order valence-corrected chi connectivity index (χ2v) is 10.6. The summed E-state index contributed by atoms with van der Waals surface area (Å²) in [4.78, 5) is 34.1. The van der Waals surface area contributed by atoms with Gasteiger partial charge in [-0.3, -0.25) is 14.7 Å². The first kappa shape index (κ1) is 26.4. The van der Waals surface area contributed by atoms with Crippen molar-refractivity contribution in [3.05, 3.63) is 47.7 Å². The van der Waals surface area contributed by atoms with Gasteiger partial charge in [-0.2, -0.15) is 0 Å².